The van der Waals surface area contributed by atoms with Gasteiger partial charge in [0.1, 0.15) is 10.8 Å². The van der Waals surface area contributed by atoms with Crippen LogP contribution in [-0.2, 0) is 0 Å². The predicted molar refractivity (Wildman–Crippen MR) is 64.7 cm³/mol. The molecule has 0 unspecified atom stereocenters. The zero-order valence-electron chi connectivity index (χ0n) is 9.14. The van der Waals surface area contributed by atoms with Gasteiger partial charge >= 0.3 is 0 Å². The summed E-state index contributed by atoms with van der Waals surface area (Å²) in [5, 5.41) is 0.650. The summed E-state index contributed by atoms with van der Waals surface area (Å²) in [6, 6.07) is 3.41. The summed E-state index contributed by atoms with van der Waals surface area (Å²) in [4.78, 5) is 16.2. The number of primary amides is 1. The zero-order chi connectivity index (χ0) is 12.4. The molecule has 2 rings (SSSR count). The maximum absolute atomic E-state index is 11.1. The van der Waals surface area contributed by atoms with Gasteiger partial charge in [0.25, 0.3) is 5.91 Å². The lowest BCUT2D eigenvalue weighted by molar-refractivity contribution is 0.100. The summed E-state index contributed by atoms with van der Waals surface area (Å²) in [6.45, 7) is 1.86. The van der Waals surface area contributed by atoms with Gasteiger partial charge in [-0.3, -0.25) is 4.79 Å². The van der Waals surface area contributed by atoms with Gasteiger partial charge in [-0.2, -0.15) is 0 Å². The predicted octanol–water partition coefficient (Wildman–Crippen LogP) is 1.82. The molecule has 0 saturated carbocycles. The van der Waals surface area contributed by atoms with Crippen molar-refractivity contribution >= 4 is 23.4 Å². The molecule has 0 fully saturated rings. The lowest BCUT2D eigenvalue weighted by Crippen LogP contribution is -2.13. The summed E-state index contributed by atoms with van der Waals surface area (Å²) in [5.41, 5.74) is 11.4. The van der Waals surface area contributed by atoms with Crippen LogP contribution in [0.2, 0.25) is 0 Å². The summed E-state index contributed by atoms with van der Waals surface area (Å²) < 4.78 is 5.17. The number of hydrogen-bond donors (Lipinski definition) is 2. The molecule has 2 heterocycles. The minimum absolute atomic E-state index is 0.281. The molecule has 1 amide bonds. The molecule has 0 atom stereocenters. The van der Waals surface area contributed by atoms with E-state index in [0.29, 0.717) is 5.03 Å². The fraction of sp³-hybridized carbons (Fsp3) is 0.0909. The number of nitrogens with two attached hydrogens (primary N) is 2. The van der Waals surface area contributed by atoms with Gasteiger partial charge in [-0.1, -0.05) is 11.8 Å². The van der Waals surface area contributed by atoms with Crippen molar-refractivity contribution < 1.29 is 9.21 Å². The van der Waals surface area contributed by atoms with Crippen LogP contribution in [0.5, 0.6) is 0 Å². The first-order chi connectivity index (χ1) is 8.08. The minimum atomic E-state index is -0.560. The standard InChI is InChI=1S/C11H11N3O2S/c1-6-9(2-3-16-6)17-10-4-7(11(13)15)8(12)5-14-10/h2-5H,12H2,1H3,(H2,13,15). The normalized spacial score (nSPS) is 10.4. The van der Waals surface area contributed by atoms with E-state index in [1.165, 1.54) is 18.0 Å². The monoisotopic (exact) mass is 249 g/mol. The lowest BCUT2D eigenvalue weighted by Gasteiger charge is -2.04. The van der Waals surface area contributed by atoms with Crippen molar-refractivity contribution in [3.63, 3.8) is 0 Å². The highest BCUT2D eigenvalue weighted by atomic mass is 32.2. The van der Waals surface area contributed by atoms with Crippen LogP contribution in [0, 0.1) is 6.92 Å². The SMILES string of the molecule is Cc1occc1Sc1cc(C(N)=O)c(N)cn1. The molecule has 0 aliphatic heterocycles. The van der Waals surface area contributed by atoms with Crippen LogP contribution < -0.4 is 11.5 Å². The number of amides is 1. The molecule has 17 heavy (non-hydrogen) atoms. The Morgan fingerprint density at radius 3 is 2.88 bits per heavy atom. The van der Waals surface area contributed by atoms with Crippen molar-refractivity contribution in [1.82, 2.24) is 4.98 Å². The maximum Gasteiger partial charge on any atom is 0.250 e. The summed E-state index contributed by atoms with van der Waals surface area (Å²) in [7, 11) is 0. The van der Waals surface area contributed by atoms with E-state index in [1.807, 2.05) is 13.0 Å². The number of furan rings is 1. The van der Waals surface area contributed by atoms with Gasteiger partial charge in [0.2, 0.25) is 0 Å². The topological polar surface area (TPSA) is 95.1 Å². The van der Waals surface area contributed by atoms with Crippen molar-refractivity contribution in [2.24, 2.45) is 5.73 Å². The molecule has 2 aromatic heterocycles. The molecule has 4 N–H and O–H groups in total. The molecule has 88 valence electrons. The fourth-order valence-electron chi connectivity index (χ4n) is 1.31. The van der Waals surface area contributed by atoms with Crippen LogP contribution in [0.25, 0.3) is 0 Å². The molecular formula is C11H11N3O2S. The Kier molecular flexibility index (Phi) is 3.06. The van der Waals surface area contributed by atoms with Crippen LogP contribution in [0.15, 0.2) is 38.9 Å². The molecule has 0 radical (unpaired) electrons. The smallest absolute Gasteiger partial charge is 0.250 e. The Bertz CT molecular complexity index is 566. The first-order valence-electron chi connectivity index (χ1n) is 4.85. The van der Waals surface area contributed by atoms with E-state index in [-0.39, 0.29) is 11.3 Å². The summed E-state index contributed by atoms with van der Waals surface area (Å²) >= 11 is 1.39. The van der Waals surface area contributed by atoms with Gasteiger partial charge in [-0.05, 0) is 19.1 Å². The van der Waals surface area contributed by atoms with Gasteiger partial charge < -0.3 is 15.9 Å². The van der Waals surface area contributed by atoms with E-state index in [2.05, 4.69) is 4.98 Å². The van der Waals surface area contributed by atoms with Crippen LogP contribution in [-0.4, -0.2) is 10.9 Å². The number of carbonyl (C=O) groups is 1. The second-order valence-electron chi connectivity index (χ2n) is 3.42. The third kappa shape index (κ3) is 2.42. The molecule has 0 saturated heterocycles. The van der Waals surface area contributed by atoms with Gasteiger partial charge in [-0.25, -0.2) is 4.98 Å². The van der Waals surface area contributed by atoms with Crippen LogP contribution in [0.1, 0.15) is 16.1 Å². The number of pyridine rings is 1. The molecule has 0 aromatic carbocycles. The molecule has 2 aromatic rings. The summed E-state index contributed by atoms with van der Waals surface area (Å²) in [6.07, 6.45) is 3.03. The Morgan fingerprint density at radius 1 is 1.53 bits per heavy atom. The number of aromatic nitrogens is 1. The Balaban J connectivity index is 2.32. The zero-order valence-corrected chi connectivity index (χ0v) is 9.95. The highest BCUT2D eigenvalue weighted by Crippen LogP contribution is 2.30. The van der Waals surface area contributed by atoms with E-state index in [4.69, 9.17) is 15.9 Å². The van der Waals surface area contributed by atoms with Crippen molar-refractivity contribution in [1.29, 1.82) is 0 Å². The molecule has 0 aliphatic carbocycles. The largest absolute Gasteiger partial charge is 0.468 e. The number of nitrogens with zero attached hydrogens (tertiary/aromatic N) is 1. The second-order valence-corrected chi connectivity index (χ2v) is 4.48. The Morgan fingerprint density at radius 2 is 2.29 bits per heavy atom. The van der Waals surface area contributed by atoms with E-state index < -0.39 is 5.91 Å². The number of rotatable bonds is 3. The molecule has 5 nitrogen and oxygen atoms in total. The lowest BCUT2D eigenvalue weighted by atomic mass is 10.2. The summed E-state index contributed by atoms with van der Waals surface area (Å²) in [5.74, 6) is 0.241. The van der Waals surface area contributed by atoms with Crippen molar-refractivity contribution in [3.05, 3.63) is 35.9 Å². The number of nitrogen functional groups attached to an aromatic ring is 1. The van der Waals surface area contributed by atoms with Gasteiger partial charge in [-0.15, -0.1) is 0 Å². The highest BCUT2D eigenvalue weighted by molar-refractivity contribution is 7.99. The number of hydrogen-bond acceptors (Lipinski definition) is 5. The number of aryl methyl sites for hydroxylation is 1. The third-order valence-electron chi connectivity index (χ3n) is 2.20. The fourth-order valence-corrected chi connectivity index (χ4v) is 2.13. The van der Waals surface area contributed by atoms with Crippen molar-refractivity contribution in [2.75, 3.05) is 5.73 Å². The number of anilines is 1. The van der Waals surface area contributed by atoms with E-state index in [0.717, 1.165) is 10.7 Å². The van der Waals surface area contributed by atoms with Crippen LogP contribution in [0.3, 0.4) is 0 Å². The molecule has 0 spiro atoms. The Labute approximate surface area is 102 Å². The minimum Gasteiger partial charge on any atom is -0.468 e. The highest BCUT2D eigenvalue weighted by Gasteiger charge is 2.10. The van der Waals surface area contributed by atoms with Crippen LogP contribution in [0.4, 0.5) is 5.69 Å². The molecule has 0 bridgehead atoms. The maximum atomic E-state index is 11.1. The van der Waals surface area contributed by atoms with E-state index in [9.17, 15) is 4.79 Å². The average molecular weight is 249 g/mol. The Hall–Kier alpha value is -1.95. The van der Waals surface area contributed by atoms with Gasteiger partial charge in [0, 0.05) is 0 Å². The first kappa shape index (κ1) is 11.5. The third-order valence-corrected chi connectivity index (χ3v) is 3.28. The first-order valence-corrected chi connectivity index (χ1v) is 5.67. The van der Waals surface area contributed by atoms with Crippen LogP contribution >= 0.6 is 11.8 Å². The van der Waals surface area contributed by atoms with Gasteiger partial charge in [0.15, 0.2) is 0 Å². The number of carbonyl (C=O) groups excluding carboxylic acids is 1. The quantitative estimate of drug-likeness (QED) is 0.865. The van der Waals surface area contributed by atoms with Crippen molar-refractivity contribution in [3.8, 4) is 0 Å². The van der Waals surface area contributed by atoms with Gasteiger partial charge in [0.05, 0.1) is 28.6 Å². The average Bonchev–Trinajstić information content (AvgIpc) is 2.67. The van der Waals surface area contributed by atoms with Crippen molar-refractivity contribution in [2.45, 2.75) is 16.8 Å². The van der Waals surface area contributed by atoms with E-state index >= 15 is 0 Å². The molecular weight excluding hydrogens is 238 g/mol. The second kappa shape index (κ2) is 4.50. The van der Waals surface area contributed by atoms with E-state index in [1.54, 1.807) is 12.3 Å². The molecule has 0 aliphatic rings. The molecule has 6 heteroatoms.